The number of nitrogens with one attached hydrogen (secondary N) is 1. The van der Waals surface area contributed by atoms with Gasteiger partial charge in [0.15, 0.2) is 6.23 Å². The molecule has 0 saturated carbocycles. The third-order valence-corrected chi connectivity index (χ3v) is 1.78. The Hall–Kier alpha value is -0.850. The van der Waals surface area contributed by atoms with Crippen molar-refractivity contribution in [2.45, 2.75) is 25.5 Å². The highest BCUT2D eigenvalue weighted by Gasteiger charge is 2.23. The second-order valence-electron chi connectivity index (χ2n) is 2.66. The molecule has 1 unspecified atom stereocenters. The Labute approximate surface area is 70.2 Å². The average molecular weight is 175 g/mol. The fraction of sp³-hybridized carbons (Fsp3) is 0.833. The fourth-order valence-corrected chi connectivity index (χ4v) is 1.16. The van der Waals surface area contributed by atoms with E-state index in [9.17, 15) is 10.0 Å². The number of carbonyl (C=O) groups is 1. The van der Waals surface area contributed by atoms with Crippen LogP contribution in [-0.2, 0) is 4.74 Å². The van der Waals surface area contributed by atoms with Crippen molar-refractivity contribution in [1.29, 1.82) is 0 Å². The first kappa shape index (κ1) is 9.24. The van der Waals surface area contributed by atoms with Crippen LogP contribution in [0.25, 0.3) is 0 Å². The predicted octanol–water partition coefficient (Wildman–Crippen LogP) is -0.213. The molecule has 0 aromatic rings. The number of ether oxygens (including phenoxy) is 1. The van der Waals surface area contributed by atoms with Crippen molar-refractivity contribution in [3.8, 4) is 0 Å². The van der Waals surface area contributed by atoms with Gasteiger partial charge in [-0.05, 0) is 12.8 Å². The number of carbonyl (C=O) groups excluding carboxylic acids is 1. The summed E-state index contributed by atoms with van der Waals surface area (Å²) in [6, 6.07) is 0. The molecule has 0 aliphatic carbocycles. The van der Waals surface area contributed by atoms with E-state index in [1.165, 1.54) is 0 Å². The van der Waals surface area contributed by atoms with E-state index in [4.69, 9.17) is 10.6 Å². The number of hydrogen-bond donors (Lipinski definition) is 3. The molecule has 0 radical (unpaired) electrons. The Morgan fingerprint density at radius 3 is 3.00 bits per heavy atom. The van der Waals surface area contributed by atoms with Crippen molar-refractivity contribution in [1.82, 2.24) is 10.5 Å². The molecule has 1 heterocycles. The van der Waals surface area contributed by atoms with Gasteiger partial charge in [-0.15, -0.1) is 0 Å². The third-order valence-electron chi connectivity index (χ3n) is 1.78. The van der Waals surface area contributed by atoms with Gasteiger partial charge >= 0.3 is 6.09 Å². The molecule has 1 atom stereocenters. The number of hydrazine groups is 1. The summed E-state index contributed by atoms with van der Waals surface area (Å²) in [5.74, 6) is 4.81. The van der Waals surface area contributed by atoms with Crippen LogP contribution in [-0.4, -0.2) is 29.1 Å². The van der Waals surface area contributed by atoms with Crippen LogP contribution in [0.4, 0.5) is 4.79 Å². The van der Waals surface area contributed by atoms with Crippen molar-refractivity contribution in [3.05, 3.63) is 0 Å². The Balaban J connectivity index is 2.33. The van der Waals surface area contributed by atoms with E-state index in [0.29, 0.717) is 13.0 Å². The number of amides is 1. The first-order valence-electron chi connectivity index (χ1n) is 3.87. The minimum atomic E-state index is -0.721. The van der Waals surface area contributed by atoms with Gasteiger partial charge in [0.05, 0.1) is 0 Å². The largest absolute Gasteiger partial charge is 0.427 e. The number of hydrogen-bond acceptors (Lipinski definition) is 5. The zero-order valence-corrected chi connectivity index (χ0v) is 6.69. The van der Waals surface area contributed by atoms with Crippen LogP contribution in [0.5, 0.6) is 0 Å². The monoisotopic (exact) mass is 175 g/mol. The average Bonchev–Trinajstić information content (AvgIpc) is 2.09. The van der Waals surface area contributed by atoms with Gasteiger partial charge in [0.25, 0.3) is 0 Å². The second-order valence-corrected chi connectivity index (χ2v) is 2.66. The summed E-state index contributed by atoms with van der Waals surface area (Å²) >= 11 is 0. The van der Waals surface area contributed by atoms with Crippen molar-refractivity contribution in [2.75, 3.05) is 6.54 Å². The Kier molecular flexibility index (Phi) is 3.27. The first-order chi connectivity index (χ1) is 5.74. The van der Waals surface area contributed by atoms with Gasteiger partial charge < -0.3 is 9.94 Å². The zero-order valence-electron chi connectivity index (χ0n) is 6.69. The molecular formula is C6H13N3O3. The number of nitrogens with two attached hydrogens (primary N) is 1. The fourth-order valence-electron chi connectivity index (χ4n) is 1.16. The number of rotatable bonds is 1. The third kappa shape index (κ3) is 2.33. The molecular weight excluding hydrogens is 162 g/mol. The zero-order chi connectivity index (χ0) is 8.97. The molecule has 1 fully saturated rings. The quantitative estimate of drug-likeness (QED) is 0.291. The van der Waals surface area contributed by atoms with Crippen LogP contribution < -0.4 is 11.3 Å². The van der Waals surface area contributed by atoms with Gasteiger partial charge in [0.2, 0.25) is 0 Å². The number of piperidine rings is 1. The summed E-state index contributed by atoms with van der Waals surface area (Å²) in [6.45, 7) is 0.530. The van der Waals surface area contributed by atoms with Gasteiger partial charge in [0, 0.05) is 13.0 Å². The lowest BCUT2D eigenvalue weighted by Crippen LogP contribution is -2.43. The molecule has 0 aromatic heterocycles. The highest BCUT2D eigenvalue weighted by atomic mass is 16.6. The van der Waals surface area contributed by atoms with Gasteiger partial charge in [-0.3, -0.25) is 5.43 Å². The van der Waals surface area contributed by atoms with E-state index < -0.39 is 12.3 Å². The van der Waals surface area contributed by atoms with Crippen LogP contribution in [0.2, 0.25) is 0 Å². The maximum atomic E-state index is 10.6. The van der Waals surface area contributed by atoms with E-state index in [-0.39, 0.29) is 0 Å². The topological polar surface area (TPSA) is 87.8 Å². The molecule has 1 amide bonds. The van der Waals surface area contributed by atoms with Crippen LogP contribution in [0.3, 0.4) is 0 Å². The second kappa shape index (κ2) is 4.24. The van der Waals surface area contributed by atoms with Crippen molar-refractivity contribution < 1.29 is 14.7 Å². The highest BCUT2D eigenvalue weighted by molar-refractivity contribution is 5.66. The lowest BCUT2D eigenvalue weighted by atomic mass is 10.1. The lowest BCUT2D eigenvalue weighted by Gasteiger charge is -2.29. The molecule has 1 saturated heterocycles. The standard InChI is InChI=1S/C6H13N3O3/c7-8-6(10)12-5-3-1-2-4-9(5)11/h5,11H,1-4,7H2,(H,8,10). The minimum absolute atomic E-state index is 0.530. The first-order valence-corrected chi connectivity index (χ1v) is 3.87. The van der Waals surface area contributed by atoms with E-state index in [1.807, 2.05) is 5.43 Å². The molecule has 1 aliphatic rings. The smallest absolute Gasteiger partial charge is 0.423 e. The summed E-state index contributed by atoms with van der Waals surface area (Å²) in [5, 5.41) is 10.2. The molecule has 0 spiro atoms. The summed E-state index contributed by atoms with van der Waals surface area (Å²) < 4.78 is 4.75. The lowest BCUT2D eigenvalue weighted by molar-refractivity contribution is -0.209. The summed E-state index contributed by atoms with van der Waals surface area (Å²) in [7, 11) is 0. The molecule has 4 N–H and O–H groups in total. The molecule has 6 nitrogen and oxygen atoms in total. The Morgan fingerprint density at radius 2 is 2.42 bits per heavy atom. The summed E-state index contributed by atoms with van der Waals surface area (Å²) in [5.41, 5.74) is 1.83. The van der Waals surface area contributed by atoms with Crippen molar-refractivity contribution in [2.24, 2.45) is 5.84 Å². The number of nitrogens with zero attached hydrogens (tertiary/aromatic N) is 1. The van der Waals surface area contributed by atoms with Gasteiger partial charge in [-0.1, -0.05) is 0 Å². The Bertz CT molecular complexity index is 164. The van der Waals surface area contributed by atoms with E-state index in [1.54, 1.807) is 0 Å². The maximum absolute atomic E-state index is 10.6. The van der Waals surface area contributed by atoms with Crippen molar-refractivity contribution >= 4 is 6.09 Å². The maximum Gasteiger partial charge on any atom is 0.423 e. The molecule has 12 heavy (non-hydrogen) atoms. The molecule has 1 rings (SSSR count). The highest BCUT2D eigenvalue weighted by Crippen LogP contribution is 2.15. The molecule has 0 bridgehead atoms. The Morgan fingerprint density at radius 1 is 1.67 bits per heavy atom. The minimum Gasteiger partial charge on any atom is -0.427 e. The van der Waals surface area contributed by atoms with Gasteiger partial charge in [-0.25, -0.2) is 10.6 Å². The van der Waals surface area contributed by atoms with E-state index in [2.05, 4.69) is 0 Å². The summed E-state index contributed by atoms with van der Waals surface area (Å²) in [6.07, 6.45) is 1.23. The van der Waals surface area contributed by atoms with E-state index >= 15 is 0 Å². The van der Waals surface area contributed by atoms with Gasteiger partial charge in [0.1, 0.15) is 0 Å². The normalized spacial score (nSPS) is 25.0. The van der Waals surface area contributed by atoms with Crippen LogP contribution in [0, 0.1) is 0 Å². The molecule has 1 aliphatic heterocycles. The van der Waals surface area contributed by atoms with Crippen LogP contribution in [0.15, 0.2) is 0 Å². The predicted molar refractivity (Wildman–Crippen MR) is 39.9 cm³/mol. The van der Waals surface area contributed by atoms with Crippen molar-refractivity contribution in [3.63, 3.8) is 0 Å². The SMILES string of the molecule is NNC(=O)OC1CCCCN1O. The van der Waals surface area contributed by atoms with E-state index in [0.717, 1.165) is 17.9 Å². The van der Waals surface area contributed by atoms with Crippen LogP contribution >= 0.6 is 0 Å². The van der Waals surface area contributed by atoms with Crippen LogP contribution in [0.1, 0.15) is 19.3 Å². The molecule has 70 valence electrons. The molecule has 6 heteroatoms. The summed E-state index contributed by atoms with van der Waals surface area (Å²) in [4.78, 5) is 10.6. The number of hydroxylamine groups is 2. The van der Waals surface area contributed by atoms with Gasteiger partial charge in [-0.2, -0.15) is 5.06 Å². The molecule has 0 aromatic carbocycles.